The van der Waals surface area contributed by atoms with Crippen molar-refractivity contribution in [1.29, 1.82) is 0 Å². The van der Waals surface area contributed by atoms with Gasteiger partial charge in [-0.05, 0) is 18.9 Å². The van der Waals surface area contributed by atoms with Crippen molar-refractivity contribution in [2.24, 2.45) is 11.8 Å². The van der Waals surface area contributed by atoms with E-state index in [1.807, 2.05) is 12.3 Å². The van der Waals surface area contributed by atoms with Crippen LogP contribution in [0.2, 0.25) is 0 Å². The fraction of sp³-hybridized carbons (Fsp3) is 0.500. The maximum absolute atomic E-state index is 12.4. The van der Waals surface area contributed by atoms with E-state index in [0.717, 1.165) is 23.0 Å². The number of fused-ring (bicyclic) bond motifs is 1. The average Bonchev–Trinajstić information content (AvgIpc) is 3.18. The highest BCUT2D eigenvalue weighted by atomic mass is 32.2. The van der Waals surface area contributed by atoms with Crippen molar-refractivity contribution in [2.75, 3.05) is 6.54 Å². The lowest BCUT2D eigenvalue weighted by atomic mass is 9.79. The van der Waals surface area contributed by atoms with E-state index in [2.05, 4.69) is 20.6 Å². The second-order valence-corrected chi connectivity index (χ2v) is 10.2. The summed E-state index contributed by atoms with van der Waals surface area (Å²) in [4.78, 5) is 31.0. The molecule has 3 N–H and O–H groups in total. The van der Waals surface area contributed by atoms with Crippen LogP contribution in [0.15, 0.2) is 26.4 Å². The van der Waals surface area contributed by atoms with Crippen molar-refractivity contribution in [1.82, 2.24) is 15.2 Å². The number of aliphatic carboxylic acids is 1. The first-order chi connectivity index (χ1) is 13.3. The van der Waals surface area contributed by atoms with Gasteiger partial charge in [0, 0.05) is 28.5 Å². The van der Waals surface area contributed by atoms with E-state index in [1.54, 1.807) is 6.92 Å². The Labute approximate surface area is 173 Å². The number of hydrogen-bond acceptors (Lipinski definition) is 7. The highest BCUT2D eigenvalue weighted by Crippen LogP contribution is 2.52. The van der Waals surface area contributed by atoms with Crippen molar-refractivity contribution in [3.63, 3.8) is 0 Å². The van der Waals surface area contributed by atoms with Gasteiger partial charge in [0.05, 0.1) is 23.8 Å². The van der Waals surface area contributed by atoms with Gasteiger partial charge in [-0.15, -0.1) is 20.6 Å². The van der Waals surface area contributed by atoms with Gasteiger partial charge in [0.2, 0.25) is 5.91 Å². The minimum Gasteiger partial charge on any atom is -0.477 e. The number of aromatic nitrogens is 1. The van der Waals surface area contributed by atoms with Crippen LogP contribution in [0.5, 0.6) is 0 Å². The summed E-state index contributed by atoms with van der Waals surface area (Å²) in [6, 6.07) is -0.300. The molecule has 1 fully saturated rings. The lowest BCUT2D eigenvalue weighted by Crippen LogP contribution is -2.63. The van der Waals surface area contributed by atoms with Crippen molar-refractivity contribution in [2.45, 2.75) is 42.5 Å². The number of nitrogens with one attached hydrogen (secondary N) is 1. The largest absolute Gasteiger partial charge is 0.477 e. The molecule has 0 bridgehead atoms. The quantitative estimate of drug-likeness (QED) is 0.476. The number of aliphatic hydroxyl groups is 1. The number of carboxylic acid groups (broad SMARTS) is 1. The van der Waals surface area contributed by atoms with E-state index < -0.39 is 18.0 Å². The number of thioether (sulfide) groups is 1. The van der Waals surface area contributed by atoms with E-state index in [1.165, 1.54) is 33.6 Å². The zero-order valence-electron chi connectivity index (χ0n) is 15.5. The summed E-state index contributed by atoms with van der Waals surface area (Å²) in [5.74, 6) is -1.91. The van der Waals surface area contributed by atoms with Crippen molar-refractivity contribution < 1.29 is 19.8 Å². The summed E-state index contributed by atoms with van der Waals surface area (Å²) in [5.41, 5.74) is 2.14. The smallest absolute Gasteiger partial charge is 0.353 e. The maximum atomic E-state index is 12.4. The number of carbonyl (C=O) groups excluding carboxylic acids is 1. The number of rotatable bonds is 5. The zero-order valence-corrected chi connectivity index (χ0v) is 18.2. The van der Waals surface area contributed by atoms with E-state index in [-0.39, 0.29) is 29.3 Å². The molecule has 0 aliphatic carbocycles. The molecular formula is C18H22N3O4PS2. The van der Waals surface area contributed by atoms with Gasteiger partial charge in [-0.1, -0.05) is 24.8 Å². The van der Waals surface area contributed by atoms with Gasteiger partial charge in [-0.25, -0.2) is 9.78 Å². The maximum Gasteiger partial charge on any atom is 0.353 e. The Kier molecular flexibility index (Phi) is 5.39. The minimum absolute atomic E-state index is 0.0345. The molecular weight excluding hydrogens is 417 g/mol. The average molecular weight is 439 g/mol. The van der Waals surface area contributed by atoms with Crippen LogP contribution < -0.4 is 5.32 Å². The summed E-state index contributed by atoms with van der Waals surface area (Å²) in [6.45, 7) is 4.39. The molecule has 6 atom stereocenters. The normalized spacial score (nSPS) is 30.8. The summed E-state index contributed by atoms with van der Waals surface area (Å²) in [5, 5.41) is 25.0. The van der Waals surface area contributed by atoms with Crippen molar-refractivity contribution in [3.8, 4) is 0 Å². The van der Waals surface area contributed by atoms with Gasteiger partial charge in [-0.2, -0.15) is 0 Å². The molecule has 4 heterocycles. The van der Waals surface area contributed by atoms with Gasteiger partial charge >= 0.3 is 5.97 Å². The fourth-order valence-electron chi connectivity index (χ4n) is 4.15. The van der Waals surface area contributed by atoms with Crippen LogP contribution in [-0.4, -0.2) is 56.4 Å². The third-order valence-electron chi connectivity index (χ3n) is 5.48. The molecule has 4 rings (SSSR count). The molecule has 3 aliphatic rings. The topological polar surface area (TPSA) is 103 Å². The lowest BCUT2D eigenvalue weighted by molar-refractivity contribution is -0.163. The van der Waals surface area contributed by atoms with Crippen LogP contribution in [0.3, 0.4) is 0 Å². The predicted octanol–water partition coefficient (Wildman–Crippen LogP) is 1.97. The number of thiazole rings is 1. The molecule has 0 aromatic carbocycles. The van der Waals surface area contributed by atoms with E-state index in [4.69, 9.17) is 4.98 Å². The van der Waals surface area contributed by atoms with Gasteiger partial charge in [0.15, 0.2) is 4.34 Å². The number of amides is 1. The molecule has 150 valence electrons. The molecule has 1 unspecified atom stereocenters. The monoisotopic (exact) mass is 439 g/mol. The standard InChI is InChI=1S/C18H22N3O4PS2/c1-7-13-12(8(2)22)16(23)21(13)14(17(24)25)15(7)28-18-20-10(6-27-18)9-3-4-19-11(26)5-9/h5-8,11-13,19,22H,3-4,26H2,1-2H3,(H,24,25)/t7-,8-,11+,12-,13-/m1/s1. The Morgan fingerprint density at radius 2 is 2.29 bits per heavy atom. The third-order valence-corrected chi connectivity index (χ3v) is 8.13. The van der Waals surface area contributed by atoms with E-state index in [0.29, 0.717) is 4.91 Å². The Balaban J connectivity index is 1.61. The molecule has 0 saturated carbocycles. The highest BCUT2D eigenvalue weighted by molar-refractivity contribution is 8.04. The number of hydrogen-bond donors (Lipinski definition) is 3. The molecule has 28 heavy (non-hydrogen) atoms. The minimum atomic E-state index is -1.11. The van der Waals surface area contributed by atoms with Crippen LogP contribution in [0.1, 0.15) is 26.0 Å². The Morgan fingerprint density at radius 3 is 2.93 bits per heavy atom. The van der Waals surface area contributed by atoms with Crippen LogP contribution in [-0.2, 0) is 9.59 Å². The first kappa shape index (κ1) is 20.0. The molecule has 10 heteroatoms. The molecule has 1 aromatic heterocycles. The first-order valence-corrected chi connectivity index (χ1v) is 11.5. The Hall–Kier alpha value is -1.25. The van der Waals surface area contributed by atoms with Crippen LogP contribution >= 0.6 is 32.3 Å². The third kappa shape index (κ3) is 3.23. The molecule has 1 amide bonds. The molecule has 1 saturated heterocycles. The van der Waals surface area contributed by atoms with Crippen LogP contribution in [0.4, 0.5) is 0 Å². The molecule has 0 spiro atoms. The second-order valence-electron chi connectivity index (χ2n) is 7.29. The number of β-lactam (4-membered cyclic amide) rings is 1. The van der Waals surface area contributed by atoms with Gasteiger partial charge in [-0.3, -0.25) is 4.79 Å². The number of aliphatic hydroxyl groups excluding tert-OH is 1. The van der Waals surface area contributed by atoms with E-state index in [9.17, 15) is 19.8 Å². The Morgan fingerprint density at radius 1 is 1.54 bits per heavy atom. The summed E-state index contributed by atoms with van der Waals surface area (Å²) in [7, 11) is 2.74. The second kappa shape index (κ2) is 7.54. The Bertz CT molecular complexity index is 897. The van der Waals surface area contributed by atoms with E-state index >= 15 is 0 Å². The number of carbonyl (C=O) groups is 2. The number of nitrogens with zero attached hydrogens (tertiary/aromatic N) is 2. The molecule has 7 nitrogen and oxygen atoms in total. The fourth-order valence-corrected chi connectivity index (χ4v) is 6.66. The number of carboxylic acids is 1. The predicted molar refractivity (Wildman–Crippen MR) is 112 cm³/mol. The summed E-state index contributed by atoms with van der Waals surface area (Å²) < 4.78 is 0.763. The first-order valence-electron chi connectivity index (χ1n) is 9.11. The zero-order chi connectivity index (χ0) is 20.2. The summed E-state index contributed by atoms with van der Waals surface area (Å²) in [6.07, 6.45) is 2.24. The van der Waals surface area contributed by atoms with Gasteiger partial charge in [0.1, 0.15) is 5.70 Å². The lowest BCUT2D eigenvalue weighted by Gasteiger charge is -2.46. The van der Waals surface area contributed by atoms with Crippen molar-refractivity contribution >= 4 is 49.8 Å². The molecule has 1 aromatic rings. The molecule has 0 radical (unpaired) electrons. The van der Waals surface area contributed by atoms with Crippen molar-refractivity contribution in [3.05, 3.63) is 27.8 Å². The highest BCUT2D eigenvalue weighted by Gasteiger charge is 2.60. The SMILES string of the molecule is C[C@@H](O)[C@H]1C(=O)N2C(C(=O)O)=C(Sc3nc(C4=C[C@H](P)NCC4)cs3)[C@H](C)[C@H]12. The summed E-state index contributed by atoms with van der Waals surface area (Å²) >= 11 is 2.81. The van der Waals surface area contributed by atoms with Crippen LogP contribution in [0.25, 0.3) is 5.57 Å². The molecule has 3 aliphatic heterocycles. The van der Waals surface area contributed by atoms with Gasteiger partial charge in [0.25, 0.3) is 0 Å². The van der Waals surface area contributed by atoms with Gasteiger partial charge < -0.3 is 20.4 Å². The van der Waals surface area contributed by atoms with Crippen LogP contribution in [0, 0.1) is 11.8 Å².